The molecule has 2 heterocycles. The van der Waals surface area contributed by atoms with Gasteiger partial charge in [-0.1, -0.05) is 11.6 Å². The van der Waals surface area contributed by atoms with Crippen molar-refractivity contribution in [1.82, 2.24) is 9.38 Å². The van der Waals surface area contributed by atoms with Gasteiger partial charge in [-0.3, -0.25) is 5.41 Å². The van der Waals surface area contributed by atoms with E-state index in [9.17, 15) is 0 Å². The van der Waals surface area contributed by atoms with E-state index in [-0.39, 0.29) is 5.84 Å². The van der Waals surface area contributed by atoms with Gasteiger partial charge in [-0.05, 0) is 12.1 Å². The molecule has 0 spiro atoms. The van der Waals surface area contributed by atoms with Crippen molar-refractivity contribution < 1.29 is 0 Å². The molecule has 0 aliphatic heterocycles. The van der Waals surface area contributed by atoms with Crippen LogP contribution in [0.5, 0.6) is 0 Å². The molecule has 0 radical (unpaired) electrons. The number of rotatable bonds is 1. The largest absolute Gasteiger partial charge is 0.382 e. The van der Waals surface area contributed by atoms with Crippen molar-refractivity contribution in [2.75, 3.05) is 0 Å². The van der Waals surface area contributed by atoms with Crippen molar-refractivity contribution in [2.45, 2.75) is 0 Å². The fourth-order valence-corrected chi connectivity index (χ4v) is 1.32. The maximum Gasteiger partial charge on any atom is 0.156 e. The first kappa shape index (κ1) is 8.07. The highest BCUT2D eigenvalue weighted by Crippen LogP contribution is 2.15. The third kappa shape index (κ3) is 1.25. The maximum absolute atomic E-state index is 7.20. The first-order valence-corrected chi connectivity index (χ1v) is 4.04. The van der Waals surface area contributed by atoms with Crippen LogP contribution < -0.4 is 5.73 Å². The molecule has 0 aliphatic rings. The predicted molar refractivity (Wildman–Crippen MR) is 51.2 cm³/mol. The Hall–Kier alpha value is -1.55. The van der Waals surface area contributed by atoms with Crippen molar-refractivity contribution >= 4 is 23.1 Å². The van der Waals surface area contributed by atoms with Crippen LogP contribution in [0.4, 0.5) is 0 Å². The zero-order chi connectivity index (χ0) is 9.42. The van der Waals surface area contributed by atoms with Gasteiger partial charge < -0.3 is 10.1 Å². The van der Waals surface area contributed by atoms with Gasteiger partial charge in [0.25, 0.3) is 0 Å². The summed E-state index contributed by atoms with van der Waals surface area (Å²) in [6, 6.07) is 3.55. The van der Waals surface area contributed by atoms with Crippen LogP contribution >= 0.6 is 11.6 Å². The number of amidine groups is 1. The van der Waals surface area contributed by atoms with Gasteiger partial charge in [0.05, 0.1) is 5.02 Å². The smallest absolute Gasteiger partial charge is 0.156 e. The second-order valence-corrected chi connectivity index (χ2v) is 3.03. The Bertz CT molecular complexity index is 474. The molecule has 0 aliphatic carbocycles. The number of nitrogens with two attached hydrogens (primary N) is 1. The van der Waals surface area contributed by atoms with Crippen LogP contribution in [-0.2, 0) is 0 Å². The van der Waals surface area contributed by atoms with Crippen LogP contribution in [0.3, 0.4) is 0 Å². The Balaban J connectivity index is 2.75. The summed E-state index contributed by atoms with van der Waals surface area (Å²) < 4.78 is 1.74. The summed E-state index contributed by atoms with van der Waals surface area (Å²) >= 11 is 5.88. The molecule has 0 amide bonds. The van der Waals surface area contributed by atoms with E-state index in [0.29, 0.717) is 16.4 Å². The maximum atomic E-state index is 7.20. The van der Waals surface area contributed by atoms with Gasteiger partial charge >= 0.3 is 0 Å². The van der Waals surface area contributed by atoms with Crippen molar-refractivity contribution in [3.63, 3.8) is 0 Å². The number of fused-ring (bicyclic) bond motifs is 1. The lowest BCUT2D eigenvalue weighted by molar-refractivity contribution is 1.19. The summed E-state index contributed by atoms with van der Waals surface area (Å²) in [5, 5.41) is 7.75. The van der Waals surface area contributed by atoms with E-state index < -0.39 is 0 Å². The van der Waals surface area contributed by atoms with Gasteiger partial charge in [-0.15, -0.1) is 0 Å². The van der Waals surface area contributed by atoms with E-state index in [1.165, 1.54) is 0 Å². The van der Waals surface area contributed by atoms with Gasteiger partial charge in [0.15, 0.2) is 5.65 Å². The minimum Gasteiger partial charge on any atom is -0.382 e. The van der Waals surface area contributed by atoms with Crippen LogP contribution in [0.15, 0.2) is 24.5 Å². The average Bonchev–Trinajstić information content (AvgIpc) is 2.49. The molecule has 5 heteroatoms. The highest BCUT2D eigenvalue weighted by molar-refractivity contribution is 6.33. The molecule has 66 valence electrons. The molecule has 0 bridgehead atoms. The van der Waals surface area contributed by atoms with Gasteiger partial charge in [0, 0.05) is 12.4 Å². The van der Waals surface area contributed by atoms with Crippen LogP contribution in [-0.4, -0.2) is 15.2 Å². The second kappa shape index (κ2) is 2.74. The number of nitrogen functional groups attached to an aromatic ring is 1. The molecule has 0 saturated carbocycles. The highest BCUT2D eigenvalue weighted by Gasteiger charge is 2.05. The lowest BCUT2D eigenvalue weighted by Gasteiger charge is -1.91. The van der Waals surface area contributed by atoms with E-state index in [0.717, 1.165) is 0 Å². The van der Waals surface area contributed by atoms with Gasteiger partial charge in [0.1, 0.15) is 11.5 Å². The molecule has 0 saturated heterocycles. The summed E-state index contributed by atoms with van der Waals surface area (Å²) in [5.74, 6) is -0.0558. The Labute approximate surface area is 79.5 Å². The monoisotopic (exact) mass is 194 g/mol. The summed E-state index contributed by atoms with van der Waals surface area (Å²) in [4.78, 5) is 4.09. The summed E-state index contributed by atoms with van der Waals surface area (Å²) in [5.41, 5.74) is 6.35. The van der Waals surface area contributed by atoms with E-state index in [4.69, 9.17) is 22.7 Å². The van der Waals surface area contributed by atoms with Crippen molar-refractivity contribution in [3.05, 3.63) is 35.2 Å². The molecule has 2 aromatic rings. The SMILES string of the molecule is N=C(N)c1cn2cccc(Cl)c2n1. The fraction of sp³-hybridized carbons (Fsp3) is 0. The minimum absolute atomic E-state index is 0.0558. The number of nitrogens with zero attached hydrogens (tertiary/aromatic N) is 2. The number of imidazole rings is 1. The Morgan fingerprint density at radius 1 is 1.62 bits per heavy atom. The van der Waals surface area contributed by atoms with E-state index in [1.54, 1.807) is 28.9 Å². The summed E-state index contributed by atoms with van der Waals surface area (Å²) in [7, 11) is 0. The number of hydrogen-bond donors (Lipinski definition) is 2. The molecule has 4 nitrogen and oxygen atoms in total. The van der Waals surface area contributed by atoms with Crippen LogP contribution in [0.1, 0.15) is 5.69 Å². The first-order valence-electron chi connectivity index (χ1n) is 3.66. The predicted octanol–water partition coefficient (Wildman–Crippen LogP) is 1.27. The quantitative estimate of drug-likeness (QED) is 0.530. The van der Waals surface area contributed by atoms with Crippen molar-refractivity contribution in [1.29, 1.82) is 5.41 Å². The first-order chi connectivity index (χ1) is 6.18. The van der Waals surface area contributed by atoms with Crippen molar-refractivity contribution in [3.8, 4) is 0 Å². The zero-order valence-electron chi connectivity index (χ0n) is 6.66. The van der Waals surface area contributed by atoms with Crippen molar-refractivity contribution in [2.24, 2.45) is 5.73 Å². The summed E-state index contributed by atoms with van der Waals surface area (Å²) in [6.07, 6.45) is 3.48. The van der Waals surface area contributed by atoms with Crippen LogP contribution in [0, 0.1) is 5.41 Å². The molecular weight excluding hydrogens is 188 g/mol. The van der Waals surface area contributed by atoms with Crippen LogP contribution in [0.2, 0.25) is 5.02 Å². The van der Waals surface area contributed by atoms with E-state index in [1.807, 2.05) is 0 Å². The molecule has 2 aromatic heterocycles. The number of pyridine rings is 1. The molecule has 3 N–H and O–H groups in total. The Morgan fingerprint density at radius 3 is 3.00 bits per heavy atom. The highest BCUT2D eigenvalue weighted by atomic mass is 35.5. The zero-order valence-corrected chi connectivity index (χ0v) is 7.42. The fourth-order valence-electron chi connectivity index (χ4n) is 1.11. The van der Waals surface area contributed by atoms with Crippen LogP contribution in [0.25, 0.3) is 5.65 Å². The Morgan fingerprint density at radius 2 is 2.38 bits per heavy atom. The molecule has 0 fully saturated rings. The number of nitrogens with one attached hydrogen (secondary N) is 1. The van der Waals surface area contributed by atoms with Gasteiger partial charge in [-0.25, -0.2) is 4.98 Å². The Kier molecular flexibility index (Phi) is 1.70. The molecule has 13 heavy (non-hydrogen) atoms. The second-order valence-electron chi connectivity index (χ2n) is 2.63. The third-order valence-electron chi connectivity index (χ3n) is 1.71. The van der Waals surface area contributed by atoms with E-state index >= 15 is 0 Å². The molecule has 2 rings (SSSR count). The lowest BCUT2D eigenvalue weighted by Crippen LogP contribution is -2.10. The summed E-state index contributed by atoms with van der Waals surface area (Å²) in [6.45, 7) is 0. The van der Waals surface area contributed by atoms with Gasteiger partial charge in [-0.2, -0.15) is 0 Å². The van der Waals surface area contributed by atoms with E-state index in [2.05, 4.69) is 4.98 Å². The minimum atomic E-state index is -0.0558. The third-order valence-corrected chi connectivity index (χ3v) is 2.01. The molecular formula is C8H7ClN4. The lowest BCUT2D eigenvalue weighted by atomic mass is 10.4. The molecule has 0 aromatic carbocycles. The standard InChI is InChI=1S/C8H7ClN4/c9-5-2-1-3-13-4-6(7(10)11)12-8(5)13/h1-4H,(H3,10,11). The molecule has 0 atom stereocenters. The number of hydrogen-bond acceptors (Lipinski definition) is 2. The number of halogens is 1. The average molecular weight is 195 g/mol. The normalized spacial score (nSPS) is 10.5. The molecule has 0 unspecified atom stereocenters. The number of aromatic nitrogens is 2. The van der Waals surface area contributed by atoms with Gasteiger partial charge in [0.2, 0.25) is 0 Å². The topological polar surface area (TPSA) is 67.2 Å².